The van der Waals surface area contributed by atoms with E-state index >= 15 is 0 Å². The van der Waals surface area contributed by atoms with Gasteiger partial charge in [-0.2, -0.15) is 0 Å². The molecule has 0 bridgehead atoms. The number of hydrogen-bond donors (Lipinski definition) is 0. The third-order valence-electron chi connectivity index (χ3n) is 3.23. The molecular formula is C15H19NO3. The average Bonchev–Trinajstić information content (AvgIpc) is 2.48. The molecule has 1 heterocycles. The highest BCUT2D eigenvalue weighted by Gasteiger charge is 2.17. The Labute approximate surface area is 113 Å². The van der Waals surface area contributed by atoms with Crippen molar-refractivity contribution in [2.75, 3.05) is 33.4 Å². The zero-order valence-electron chi connectivity index (χ0n) is 11.2. The van der Waals surface area contributed by atoms with Gasteiger partial charge in [0, 0.05) is 18.7 Å². The average molecular weight is 261 g/mol. The third kappa shape index (κ3) is 3.35. The van der Waals surface area contributed by atoms with Crippen LogP contribution in [0.3, 0.4) is 0 Å². The minimum atomic E-state index is 0.142. The van der Waals surface area contributed by atoms with Crippen molar-refractivity contribution in [3.63, 3.8) is 0 Å². The molecule has 1 aromatic rings. The maximum Gasteiger partial charge on any atom is 0.227 e. The minimum Gasteiger partial charge on any atom is -0.496 e. The van der Waals surface area contributed by atoms with Crippen molar-refractivity contribution < 1.29 is 14.3 Å². The predicted octanol–water partition coefficient (Wildman–Crippen LogP) is 1.74. The summed E-state index contributed by atoms with van der Waals surface area (Å²) in [6.45, 7) is 6.39. The van der Waals surface area contributed by atoms with E-state index in [-0.39, 0.29) is 5.91 Å². The lowest BCUT2D eigenvalue weighted by molar-refractivity contribution is -0.134. The van der Waals surface area contributed by atoms with Gasteiger partial charge in [-0.1, -0.05) is 18.7 Å². The number of hydrogen-bond acceptors (Lipinski definition) is 3. The number of nitrogens with zero attached hydrogens (tertiary/aromatic N) is 1. The van der Waals surface area contributed by atoms with Gasteiger partial charge in [-0.05, 0) is 17.7 Å². The second-order valence-corrected chi connectivity index (χ2v) is 4.45. The van der Waals surface area contributed by atoms with E-state index in [2.05, 4.69) is 6.58 Å². The molecule has 1 fully saturated rings. The molecule has 4 nitrogen and oxygen atoms in total. The van der Waals surface area contributed by atoms with Gasteiger partial charge < -0.3 is 14.4 Å². The molecule has 0 atom stereocenters. The van der Waals surface area contributed by atoms with Gasteiger partial charge >= 0.3 is 0 Å². The summed E-state index contributed by atoms with van der Waals surface area (Å²) < 4.78 is 10.5. The summed E-state index contributed by atoms with van der Waals surface area (Å²) in [4.78, 5) is 14.0. The number of benzene rings is 1. The van der Waals surface area contributed by atoms with Gasteiger partial charge in [-0.15, -0.1) is 0 Å². The fourth-order valence-corrected chi connectivity index (χ4v) is 2.15. The molecule has 1 aromatic carbocycles. The molecule has 0 saturated carbocycles. The molecule has 0 aromatic heterocycles. The van der Waals surface area contributed by atoms with E-state index < -0.39 is 0 Å². The van der Waals surface area contributed by atoms with E-state index in [1.807, 2.05) is 23.1 Å². The lowest BCUT2D eigenvalue weighted by Crippen LogP contribution is -2.41. The molecule has 1 saturated heterocycles. The minimum absolute atomic E-state index is 0.142. The van der Waals surface area contributed by atoms with E-state index in [9.17, 15) is 4.79 Å². The Morgan fingerprint density at radius 2 is 2.21 bits per heavy atom. The van der Waals surface area contributed by atoms with Gasteiger partial charge in [0.1, 0.15) is 5.75 Å². The Morgan fingerprint density at radius 3 is 2.84 bits per heavy atom. The number of morpholine rings is 1. The third-order valence-corrected chi connectivity index (χ3v) is 3.23. The van der Waals surface area contributed by atoms with Gasteiger partial charge in [0.25, 0.3) is 0 Å². The molecule has 19 heavy (non-hydrogen) atoms. The van der Waals surface area contributed by atoms with Crippen LogP contribution in [0.5, 0.6) is 5.75 Å². The monoisotopic (exact) mass is 261 g/mol. The first-order valence-electron chi connectivity index (χ1n) is 6.39. The zero-order valence-corrected chi connectivity index (χ0v) is 11.2. The van der Waals surface area contributed by atoms with Crippen molar-refractivity contribution in [1.82, 2.24) is 4.90 Å². The fourth-order valence-electron chi connectivity index (χ4n) is 2.15. The molecule has 4 heteroatoms. The Hall–Kier alpha value is -1.81. The van der Waals surface area contributed by atoms with Gasteiger partial charge in [0.05, 0.1) is 26.7 Å². The van der Waals surface area contributed by atoms with Crippen LogP contribution in [-0.4, -0.2) is 44.2 Å². The largest absolute Gasteiger partial charge is 0.496 e. The van der Waals surface area contributed by atoms with Crippen molar-refractivity contribution >= 4 is 12.0 Å². The maximum atomic E-state index is 12.1. The number of amides is 1. The molecule has 0 radical (unpaired) electrons. The zero-order chi connectivity index (χ0) is 13.7. The molecule has 0 spiro atoms. The normalized spacial score (nSPS) is 15.1. The second-order valence-electron chi connectivity index (χ2n) is 4.45. The highest BCUT2D eigenvalue weighted by atomic mass is 16.5. The lowest BCUT2D eigenvalue weighted by atomic mass is 10.1. The number of carbonyl (C=O) groups excluding carboxylic acids is 1. The lowest BCUT2D eigenvalue weighted by Gasteiger charge is -2.27. The molecule has 1 amide bonds. The molecule has 1 aliphatic rings. The summed E-state index contributed by atoms with van der Waals surface area (Å²) in [5.41, 5.74) is 1.89. The fraction of sp³-hybridized carbons (Fsp3) is 0.400. The Kier molecular flexibility index (Phi) is 4.58. The van der Waals surface area contributed by atoms with Crippen LogP contribution in [0.25, 0.3) is 6.08 Å². The van der Waals surface area contributed by atoms with Crippen molar-refractivity contribution in [3.8, 4) is 5.75 Å². The smallest absolute Gasteiger partial charge is 0.227 e. The quantitative estimate of drug-likeness (QED) is 0.828. The number of ether oxygens (including phenoxy) is 2. The van der Waals surface area contributed by atoms with E-state index in [1.54, 1.807) is 13.2 Å². The first-order valence-corrected chi connectivity index (χ1v) is 6.39. The first kappa shape index (κ1) is 13.6. The first-order chi connectivity index (χ1) is 9.24. The van der Waals surface area contributed by atoms with E-state index in [0.29, 0.717) is 32.7 Å². The van der Waals surface area contributed by atoms with Gasteiger partial charge in [0.2, 0.25) is 5.91 Å². The Bertz CT molecular complexity index is 464. The molecule has 0 unspecified atom stereocenters. The summed E-state index contributed by atoms with van der Waals surface area (Å²) in [6, 6.07) is 5.74. The molecule has 0 N–H and O–H groups in total. The summed E-state index contributed by atoms with van der Waals surface area (Å²) in [7, 11) is 1.63. The van der Waals surface area contributed by atoms with Crippen molar-refractivity contribution in [2.24, 2.45) is 0 Å². The van der Waals surface area contributed by atoms with Crippen molar-refractivity contribution in [1.29, 1.82) is 0 Å². The van der Waals surface area contributed by atoms with E-state index in [1.165, 1.54) is 0 Å². The van der Waals surface area contributed by atoms with Crippen molar-refractivity contribution in [2.45, 2.75) is 6.42 Å². The summed E-state index contributed by atoms with van der Waals surface area (Å²) in [5.74, 6) is 0.918. The van der Waals surface area contributed by atoms with Gasteiger partial charge in [-0.25, -0.2) is 0 Å². The van der Waals surface area contributed by atoms with Crippen LogP contribution in [0.15, 0.2) is 24.8 Å². The Morgan fingerprint density at radius 1 is 1.47 bits per heavy atom. The number of rotatable bonds is 4. The van der Waals surface area contributed by atoms with Crippen LogP contribution < -0.4 is 4.74 Å². The molecule has 0 aliphatic carbocycles. The van der Waals surface area contributed by atoms with Crippen LogP contribution in [0, 0.1) is 0 Å². The second kappa shape index (κ2) is 6.38. The molecule has 1 aliphatic heterocycles. The highest BCUT2D eigenvalue weighted by Crippen LogP contribution is 2.21. The summed E-state index contributed by atoms with van der Waals surface area (Å²) in [6.07, 6.45) is 2.15. The van der Waals surface area contributed by atoms with E-state index in [4.69, 9.17) is 9.47 Å². The molecule has 2 rings (SSSR count). The van der Waals surface area contributed by atoms with Gasteiger partial charge in [-0.3, -0.25) is 4.79 Å². The Balaban J connectivity index is 2.05. The van der Waals surface area contributed by atoms with Crippen molar-refractivity contribution in [3.05, 3.63) is 35.9 Å². The number of methoxy groups -OCH3 is 1. The van der Waals surface area contributed by atoms with E-state index in [0.717, 1.165) is 16.9 Å². The maximum absolute atomic E-state index is 12.1. The van der Waals surface area contributed by atoms with Gasteiger partial charge in [0.15, 0.2) is 0 Å². The van der Waals surface area contributed by atoms with Crippen LogP contribution in [0.1, 0.15) is 11.1 Å². The van der Waals surface area contributed by atoms with Crippen LogP contribution >= 0.6 is 0 Å². The molecular weight excluding hydrogens is 242 g/mol. The predicted molar refractivity (Wildman–Crippen MR) is 74.2 cm³/mol. The topological polar surface area (TPSA) is 38.8 Å². The highest BCUT2D eigenvalue weighted by molar-refractivity contribution is 5.79. The van der Waals surface area contributed by atoms with Crippen LogP contribution in [-0.2, 0) is 16.0 Å². The summed E-state index contributed by atoms with van der Waals surface area (Å²) >= 11 is 0. The van der Waals surface area contributed by atoms with Crippen LogP contribution in [0.2, 0.25) is 0 Å². The SMILES string of the molecule is C=Cc1cc(CC(=O)N2CCOCC2)ccc1OC. The number of carbonyl (C=O) groups is 1. The summed E-state index contributed by atoms with van der Waals surface area (Å²) in [5, 5.41) is 0. The standard InChI is InChI=1S/C15H19NO3/c1-3-13-10-12(4-5-14(13)18-2)11-15(17)16-6-8-19-9-7-16/h3-5,10H,1,6-9,11H2,2H3. The molecule has 102 valence electrons. The van der Waals surface area contributed by atoms with Crippen LogP contribution in [0.4, 0.5) is 0 Å².